The van der Waals surface area contributed by atoms with Gasteiger partial charge in [0.15, 0.2) is 0 Å². The number of nitrogens with two attached hydrogens (primary N) is 1. The summed E-state index contributed by atoms with van der Waals surface area (Å²) in [6.45, 7) is 6.67. The predicted molar refractivity (Wildman–Crippen MR) is 55.9 cm³/mol. The Morgan fingerprint density at radius 2 is 2.31 bits per heavy atom. The second-order valence-corrected chi connectivity index (χ2v) is 3.06. The third-order valence-electron chi connectivity index (χ3n) is 2.01. The first-order valence-corrected chi connectivity index (χ1v) is 4.65. The smallest absolute Gasteiger partial charge is 0.128 e. The normalized spacial score (nSPS) is 10.1. The Hall–Kier alpha value is -1.09. The number of pyridine rings is 1. The van der Waals surface area contributed by atoms with E-state index < -0.39 is 0 Å². The molecule has 0 aliphatic rings. The van der Waals surface area contributed by atoms with Crippen LogP contribution < -0.4 is 10.6 Å². The summed E-state index contributed by atoms with van der Waals surface area (Å²) in [7, 11) is 0. The van der Waals surface area contributed by atoms with Gasteiger partial charge in [-0.25, -0.2) is 4.98 Å². The van der Waals surface area contributed by atoms with Crippen molar-refractivity contribution in [2.45, 2.75) is 13.8 Å². The van der Waals surface area contributed by atoms with Gasteiger partial charge in [-0.15, -0.1) is 0 Å². The van der Waals surface area contributed by atoms with Crippen LogP contribution in [0.5, 0.6) is 0 Å². The lowest BCUT2D eigenvalue weighted by molar-refractivity contribution is 0.801. The zero-order valence-corrected chi connectivity index (χ0v) is 8.33. The topological polar surface area (TPSA) is 42.1 Å². The molecule has 0 radical (unpaired) electrons. The molecule has 0 aliphatic heterocycles. The van der Waals surface area contributed by atoms with Crippen LogP contribution >= 0.6 is 0 Å². The minimum Gasteiger partial charge on any atom is -0.356 e. The fraction of sp³-hybridized carbons (Fsp3) is 0.500. The third kappa shape index (κ3) is 2.70. The summed E-state index contributed by atoms with van der Waals surface area (Å²) in [6.07, 6.45) is 1.84. The van der Waals surface area contributed by atoms with Crippen LogP contribution in [0, 0.1) is 6.92 Å². The first kappa shape index (κ1) is 9.99. The molecule has 0 saturated heterocycles. The summed E-state index contributed by atoms with van der Waals surface area (Å²) < 4.78 is 0. The van der Waals surface area contributed by atoms with Crippen molar-refractivity contribution in [3.63, 3.8) is 0 Å². The SMILES string of the molecule is CCN(CCN)c1cc(C)ccn1. The molecular formula is C10H17N3. The van der Waals surface area contributed by atoms with Crippen molar-refractivity contribution in [1.29, 1.82) is 0 Å². The number of aromatic nitrogens is 1. The van der Waals surface area contributed by atoms with Crippen molar-refractivity contribution in [2.75, 3.05) is 24.5 Å². The Balaban J connectivity index is 2.78. The molecule has 1 aromatic heterocycles. The molecule has 0 bridgehead atoms. The monoisotopic (exact) mass is 179 g/mol. The van der Waals surface area contributed by atoms with Gasteiger partial charge in [0.1, 0.15) is 5.82 Å². The van der Waals surface area contributed by atoms with Crippen LogP contribution in [-0.2, 0) is 0 Å². The lowest BCUT2D eigenvalue weighted by Gasteiger charge is -2.20. The first-order valence-electron chi connectivity index (χ1n) is 4.65. The molecule has 0 spiro atoms. The van der Waals surface area contributed by atoms with E-state index in [9.17, 15) is 0 Å². The summed E-state index contributed by atoms with van der Waals surface area (Å²) >= 11 is 0. The van der Waals surface area contributed by atoms with Crippen LogP contribution in [0.4, 0.5) is 5.82 Å². The van der Waals surface area contributed by atoms with E-state index in [2.05, 4.69) is 29.8 Å². The Kier molecular flexibility index (Phi) is 3.71. The summed E-state index contributed by atoms with van der Waals surface area (Å²) in [4.78, 5) is 6.47. The Morgan fingerprint density at radius 3 is 2.85 bits per heavy atom. The van der Waals surface area contributed by atoms with Gasteiger partial charge in [-0.3, -0.25) is 0 Å². The molecule has 3 nitrogen and oxygen atoms in total. The summed E-state index contributed by atoms with van der Waals surface area (Å²) in [5.74, 6) is 1.02. The molecule has 0 amide bonds. The first-order chi connectivity index (χ1) is 6.27. The Labute approximate surface area is 79.6 Å². The maximum absolute atomic E-state index is 5.51. The van der Waals surface area contributed by atoms with Crippen LogP contribution in [0.1, 0.15) is 12.5 Å². The van der Waals surface area contributed by atoms with E-state index >= 15 is 0 Å². The van der Waals surface area contributed by atoms with Crippen molar-refractivity contribution < 1.29 is 0 Å². The van der Waals surface area contributed by atoms with Gasteiger partial charge in [-0.1, -0.05) is 0 Å². The van der Waals surface area contributed by atoms with E-state index in [0.717, 1.165) is 18.9 Å². The van der Waals surface area contributed by atoms with E-state index in [4.69, 9.17) is 5.73 Å². The van der Waals surface area contributed by atoms with Gasteiger partial charge in [0.05, 0.1) is 0 Å². The quantitative estimate of drug-likeness (QED) is 0.754. The highest BCUT2D eigenvalue weighted by Gasteiger charge is 2.03. The Bertz CT molecular complexity index is 260. The molecule has 0 unspecified atom stereocenters. The van der Waals surface area contributed by atoms with Crippen LogP contribution in [-0.4, -0.2) is 24.6 Å². The van der Waals surface area contributed by atoms with Crippen LogP contribution in [0.2, 0.25) is 0 Å². The molecular weight excluding hydrogens is 162 g/mol. The number of rotatable bonds is 4. The molecule has 0 fully saturated rings. The van der Waals surface area contributed by atoms with Crippen LogP contribution in [0.3, 0.4) is 0 Å². The van der Waals surface area contributed by atoms with Crippen molar-refractivity contribution in [1.82, 2.24) is 4.98 Å². The minimum atomic E-state index is 0.670. The number of hydrogen-bond acceptors (Lipinski definition) is 3. The molecule has 0 saturated carbocycles. The van der Waals surface area contributed by atoms with Gasteiger partial charge in [-0.2, -0.15) is 0 Å². The van der Waals surface area contributed by atoms with Crippen molar-refractivity contribution in [2.24, 2.45) is 5.73 Å². The van der Waals surface area contributed by atoms with Crippen LogP contribution in [0.15, 0.2) is 18.3 Å². The molecule has 2 N–H and O–H groups in total. The fourth-order valence-electron chi connectivity index (χ4n) is 1.28. The van der Waals surface area contributed by atoms with Crippen molar-refractivity contribution in [3.05, 3.63) is 23.9 Å². The van der Waals surface area contributed by atoms with Gasteiger partial charge in [0, 0.05) is 25.8 Å². The van der Waals surface area contributed by atoms with Gasteiger partial charge in [0.2, 0.25) is 0 Å². The van der Waals surface area contributed by atoms with Crippen molar-refractivity contribution in [3.8, 4) is 0 Å². The molecule has 3 heteroatoms. The van der Waals surface area contributed by atoms with Crippen LogP contribution in [0.25, 0.3) is 0 Å². The summed E-state index contributed by atoms with van der Waals surface area (Å²) in [5, 5.41) is 0. The number of nitrogens with zero attached hydrogens (tertiary/aromatic N) is 2. The third-order valence-corrected chi connectivity index (χ3v) is 2.01. The molecule has 0 aromatic carbocycles. The molecule has 72 valence electrons. The minimum absolute atomic E-state index is 0.670. The average Bonchev–Trinajstić information content (AvgIpc) is 2.14. The number of hydrogen-bond donors (Lipinski definition) is 1. The molecule has 13 heavy (non-hydrogen) atoms. The van der Waals surface area contributed by atoms with E-state index in [1.54, 1.807) is 0 Å². The zero-order chi connectivity index (χ0) is 9.68. The Morgan fingerprint density at radius 1 is 1.54 bits per heavy atom. The molecule has 1 rings (SSSR count). The molecule has 1 aromatic rings. The number of anilines is 1. The second-order valence-electron chi connectivity index (χ2n) is 3.06. The van der Waals surface area contributed by atoms with Gasteiger partial charge in [-0.05, 0) is 31.5 Å². The summed E-state index contributed by atoms with van der Waals surface area (Å²) in [6, 6.07) is 4.08. The largest absolute Gasteiger partial charge is 0.356 e. The predicted octanol–water partition coefficient (Wildman–Crippen LogP) is 1.18. The zero-order valence-electron chi connectivity index (χ0n) is 8.33. The molecule has 0 aliphatic carbocycles. The second kappa shape index (κ2) is 4.82. The van der Waals surface area contributed by atoms with Gasteiger partial charge < -0.3 is 10.6 Å². The lowest BCUT2D eigenvalue weighted by atomic mass is 10.3. The summed E-state index contributed by atoms with van der Waals surface area (Å²) in [5.41, 5.74) is 6.75. The highest BCUT2D eigenvalue weighted by atomic mass is 15.2. The fourth-order valence-corrected chi connectivity index (χ4v) is 1.28. The lowest BCUT2D eigenvalue weighted by Crippen LogP contribution is -2.29. The van der Waals surface area contributed by atoms with Crippen molar-refractivity contribution >= 4 is 5.82 Å². The van der Waals surface area contributed by atoms with E-state index in [-0.39, 0.29) is 0 Å². The van der Waals surface area contributed by atoms with Gasteiger partial charge >= 0.3 is 0 Å². The number of aryl methyl sites for hydroxylation is 1. The van der Waals surface area contributed by atoms with Gasteiger partial charge in [0.25, 0.3) is 0 Å². The standard InChI is InChI=1S/C10H17N3/c1-3-13(7-5-11)10-8-9(2)4-6-12-10/h4,6,8H,3,5,7,11H2,1-2H3. The maximum atomic E-state index is 5.51. The van der Waals surface area contributed by atoms with E-state index in [1.165, 1.54) is 5.56 Å². The maximum Gasteiger partial charge on any atom is 0.128 e. The molecule has 1 heterocycles. The van der Waals surface area contributed by atoms with E-state index in [1.807, 2.05) is 12.3 Å². The highest BCUT2D eigenvalue weighted by molar-refractivity contribution is 5.40. The average molecular weight is 179 g/mol. The molecule has 0 atom stereocenters. The van der Waals surface area contributed by atoms with E-state index in [0.29, 0.717) is 6.54 Å². The number of likely N-dealkylation sites (N-methyl/N-ethyl adjacent to an activating group) is 1. The highest BCUT2D eigenvalue weighted by Crippen LogP contribution is 2.10.